The Morgan fingerprint density at radius 3 is 2.54 bits per heavy atom. The van der Waals surface area contributed by atoms with Crippen LogP contribution in [0.1, 0.15) is 36.3 Å². The number of carbonyl (C=O) groups is 1. The van der Waals surface area contributed by atoms with E-state index in [0.29, 0.717) is 0 Å². The maximum Gasteiger partial charge on any atom is 0.228 e. The van der Waals surface area contributed by atoms with Crippen LogP contribution in [0.25, 0.3) is 10.9 Å². The van der Waals surface area contributed by atoms with Gasteiger partial charge in [-0.05, 0) is 49.4 Å². The number of hydrogen-bond acceptors (Lipinski definition) is 3. The van der Waals surface area contributed by atoms with E-state index < -0.39 is 0 Å². The molecule has 0 radical (unpaired) electrons. The molecule has 3 aromatic rings. The molecule has 0 aliphatic carbocycles. The number of carbonyl (C=O) groups excluding carboxylic acids is 1. The summed E-state index contributed by atoms with van der Waals surface area (Å²) >= 11 is 0. The number of benzene rings is 2. The number of rotatable bonds is 2. The number of piperidine rings is 1. The number of fused-ring (bicyclic) bond motifs is 1. The molecule has 1 amide bonds. The molecule has 2 aromatic carbocycles. The molecule has 1 aromatic heterocycles. The second-order valence-corrected chi connectivity index (χ2v) is 8.24. The van der Waals surface area contributed by atoms with Crippen LogP contribution in [0.2, 0.25) is 0 Å². The first kappa shape index (κ1) is 17.2. The highest BCUT2D eigenvalue weighted by Crippen LogP contribution is 2.40. The molecule has 2 aliphatic heterocycles. The van der Waals surface area contributed by atoms with Crippen LogP contribution in [-0.4, -0.2) is 29.5 Å². The van der Waals surface area contributed by atoms with Gasteiger partial charge >= 0.3 is 0 Å². The lowest BCUT2D eigenvalue weighted by Crippen LogP contribution is -2.51. The highest BCUT2D eigenvalue weighted by Gasteiger charge is 2.46. The Labute approximate surface area is 165 Å². The highest BCUT2D eigenvalue weighted by molar-refractivity contribution is 5.87. The molecule has 1 N–H and O–H groups in total. The maximum absolute atomic E-state index is 12.7. The maximum atomic E-state index is 12.7. The Bertz CT molecular complexity index is 1020. The molecule has 2 saturated heterocycles. The molecule has 142 valence electrons. The number of pyridine rings is 1. The zero-order chi connectivity index (χ0) is 19.1. The molecule has 1 atom stereocenters. The van der Waals surface area contributed by atoms with Gasteiger partial charge in [-0.25, -0.2) is 4.98 Å². The molecule has 3 heterocycles. The van der Waals surface area contributed by atoms with Crippen LogP contribution in [-0.2, 0) is 4.79 Å². The monoisotopic (exact) mass is 371 g/mol. The first-order chi connectivity index (χ1) is 13.6. The number of para-hydroxylation sites is 1. The Kier molecular flexibility index (Phi) is 4.08. The molecule has 0 saturated carbocycles. The molecule has 5 rings (SSSR count). The lowest BCUT2D eigenvalue weighted by atomic mass is 9.82. The van der Waals surface area contributed by atoms with E-state index in [2.05, 4.69) is 53.5 Å². The third kappa shape index (κ3) is 2.93. The summed E-state index contributed by atoms with van der Waals surface area (Å²) in [6.07, 6.45) is 2.83. The first-order valence-electron chi connectivity index (χ1n) is 10.1. The highest BCUT2D eigenvalue weighted by atomic mass is 16.2. The zero-order valence-electron chi connectivity index (χ0n) is 16.2. The van der Waals surface area contributed by atoms with Crippen molar-refractivity contribution in [3.63, 3.8) is 0 Å². The van der Waals surface area contributed by atoms with Crippen molar-refractivity contribution in [2.45, 2.75) is 37.6 Å². The molecule has 4 nitrogen and oxygen atoms in total. The normalized spacial score (nSPS) is 21.2. The first-order valence-corrected chi connectivity index (χ1v) is 10.1. The minimum Gasteiger partial charge on any atom is -0.356 e. The summed E-state index contributed by atoms with van der Waals surface area (Å²) in [6.45, 7) is 4.00. The van der Waals surface area contributed by atoms with Crippen LogP contribution < -0.4 is 10.2 Å². The smallest absolute Gasteiger partial charge is 0.228 e. The van der Waals surface area contributed by atoms with E-state index in [1.54, 1.807) is 0 Å². The largest absolute Gasteiger partial charge is 0.356 e. The van der Waals surface area contributed by atoms with Crippen LogP contribution in [0.3, 0.4) is 0 Å². The van der Waals surface area contributed by atoms with E-state index in [1.807, 2.05) is 24.3 Å². The Morgan fingerprint density at radius 2 is 1.75 bits per heavy atom. The number of aromatic nitrogens is 1. The van der Waals surface area contributed by atoms with Crippen LogP contribution in [0.4, 0.5) is 5.82 Å². The standard InChI is InChI=1S/C24H25N3O/c1-17-15-22(25-21-10-6-5-9-19(17)21)27-13-11-24(12-14-27)16-20(23(28)26-24)18-7-3-2-4-8-18/h2-10,15,20H,11-14,16H2,1H3,(H,26,28). The lowest BCUT2D eigenvalue weighted by molar-refractivity contribution is -0.121. The van der Waals surface area contributed by atoms with Crippen molar-refractivity contribution < 1.29 is 4.79 Å². The number of anilines is 1. The van der Waals surface area contributed by atoms with E-state index in [9.17, 15) is 4.79 Å². The van der Waals surface area contributed by atoms with E-state index in [4.69, 9.17) is 4.98 Å². The number of hydrogen-bond donors (Lipinski definition) is 1. The Hall–Kier alpha value is -2.88. The fraction of sp³-hybridized carbons (Fsp3) is 0.333. The molecule has 2 aliphatic rings. The van der Waals surface area contributed by atoms with Crippen LogP contribution in [0, 0.1) is 6.92 Å². The number of nitrogens with zero attached hydrogens (tertiary/aromatic N) is 2. The molecular formula is C24H25N3O. The Balaban J connectivity index is 1.34. The molecular weight excluding hydrogens is 346 g/mol. The van der Waals surface area contributed by atoms with Crippen LogP contribution in [0.5, 0.6) is 0 Å². The van der Waals surface area contributed by atoms with Crippen LogP contribution in [0.15, 0.2) is 60.7 Å². The summed E-state index contributed by atoms with van der Waals surface area (Å²) in [7, 11) is 0. The van der Waals surface area contributed by atoms with Gasteiger partial charge in [0.2, 0.25) is 5.91 Å². The Morgan fingerprint density at radius 1 is 1.04 bits per heavy atom. The van der Waals surface area contributed by atoms with Crippen molar-refractivity contribution in [3.8, 4) is 0 Å². The van der Waals surface area contributed by atoms with Crippen LogP contribution >= 0.6 is 0 Å². The van der Waals surface area contributed by atoms with E-state index in [0.717, 1.165) is 49.2 Å². The molecule has 2 fully saturated rings. The predicted molar refractivity (Wildman–Crippen MR) is 113 cm³/mol. The molecule has 1 unspecified atom stereocenters. The van der Waals surface area contributed by atoms with Crippen molar-refractivity contribution >= 4 is 22.6 Å². The van der Waals surface area contributed by atoms with E-state index in [1.165, 1.54) is 10.9 Å². The molecule has 28 heavy (non-hydrogen) atoms. The topological polar surface area (TPSA) is 45.2 Å². The average Bonchev–Trinajstić information content (AvgIpc) is 3.05. The van der Waals surface area contributed by atoms with Gasteiger partial charge in [0.05, 0.1) is 11.4 Å². The molecule has 1 spiro atoms. The van der Waals surface area contributed by atoms with Crippen molar-refractivity contribution in [3.05, 3.63) is 71.8 Å². The van der Waals surface area contributed by atoms with Gasteiger partial charge in [0.25, 0.3) is 0 Å². The van der Waals surface area contributed by atoms with Gasteiger partial charge in [0.1, 0.15) is 5.82 Å². The van der Waals surface area contributed by atoms with Gasteiger partial charge in [0, 0.05) is 24.0 Å². The third-order valence-electron chi connectivity index (χ3n) is 6.46. The summed E-state index contributed by atoms with van der Waals surface area (Å²) in [5.41, 5.74) is 3.38. The minimum absolute atomic E-state index is 0.0196. The van der Waals surface area contributed by atoms with Gasteiger partial charge < -0.3 is 10.2 Å². The van der Waals surface area contributed by atoms with Crippen molar-refractivity contribution in [1.29, 1.82) is 0 Å². The second kappa shape index (κ2) is 6.62. The molecule has 0 bridgehead atoms. The second-order valence-electron chi connectivity index (χ2n) is 8.24. The summed E-state index contributed by atoms with van der Waals surface area (Å²) in [5, 5.41) is 4.56. The van der Waals surface area contributed by atoms with Gasteiger partial charge in [-0.3, -0.25) is 4.79 Å². The lowest BCUT2D eigenvalue weighted by Gasteiger charge is -2.40. The SMILES string of the molecule is Cc1cc(N2CCC3(CC2)CC(c2ccccc2)C(=O)N3)nc2ccccc12. The van der Waals surface area contributed by atoms with Gasteiger partial charge in [-0.2, -0.15) is 0 Å². The summed E-state index contributed by atoms with van der Waals surface area (Å²) < 4.78 is 0. The van der Waals surface area contributed by atoms with E-state index in [-0.39, 0.29) is 17.4 Å². The fourth-order valence-electron chi connectivity index (χ4n) is 4.82. The number of aryl methyl sites for hydroxylation is 1. The fourth-order valence-corrected chi connectivity index (χ4v) is 4.82. The quantitative estimate of drug-likeness (QED) is 0.735. The summed E-state index contributed by atoms with van der Waals surface area (Å²) in [5.74, 6) is 1.21. The van der Waals surface area contributed by atoms with Crippen molar-refractivity contribution in [2.75, 3.05) is 18.0 Å². The van der Waals surface area contributed by atoms with Gasteiger partial charge in [0.15, 0.2) is 0 Å². The molecule has 4 heteroatoms. The summed E-state index contributed by atoms with van der Waals surface area (Å²) in [6, 6.07) is 20.7. The van der Waals surface area contributed by atoms with Crippen molar-refractivity contribution in [1.82, 2.24) is 10.3 Å². The summed E-state index contributed by atoms with van der Waals surface area (Å²) in [4.78, 5) is 19.9. The van der Waals surface area contributed by atoms with E-state index >= 15 is 0 Å². The van der Waals surface area contributed by atoms with Gasteiger partial charge in [-0.15, -0.1) is 0 Å². The zero-order valence-corrected chi connectivity index (χ0v) is 16.2. The predicted octanol–water partition coefficient (Wildman–Crippen LogP) is 4.19. The van der Waals surface area contributed by atoms with Gasteiger partial charge in [-0.1, -0.05) is 48.5 Å². The van der Waals surface area contributed by atoms with Crippen molar-refractivity contribution in [2.24, 2.45) is 0 Å². The minimum atomic E-state index is -0.0695. The number of amides is 1. The third-order valence-corrected chi connectivity index (χ3v) is 6.46. The number of nitrogens with one attached hydrogen (secondary N) is 1. The average molecular weight is 371 g/mol.